The number of benzene rings is 1. The van der Waals surface area contributed by atoms with Gasteiger partial charge in [0.15, 0.2) is 11.5 Å². The number of pyridine rings is 1. The average Bonchev–Trinajstić information content (AvgIpc) is 2.98. The molecule has 5 heteroatoms. The molecular formula is C19H22N4O. The molecule has 24 heavy (non-hydrogen) atoms. The summed E-state index contributed by atoms with van der Waals surface area (Å²) in [5, 5.41) is 8.50. The molecule has 1 amide bonds. The number of hydrogen-bond acceptors (Lipinski definition) is 3. The number of rotatable bonds is 4. The third-order valence-electron chi connectivity index (χ3n) is 4.06. The number of amides is 1. The third kappa shape index (κ3) is 2.77. The molecule has 0 spiro atoms. The van der Waals surface area contributed by atoms with Crippen molar-refractivity contribution in [2.24, 2.45) is 0 Å². The lowest BCUT2D eigenvalue weighted by atomic mass is 10.0. The molecule has 0 N–H and O–H groups in total. The van der Waals surface area contributed by atoms with E-state index in [0.717, 1.165) is 11.2 Å². The van der Waals surface area contributed by atoms with E-state index in [-0.39, 0.29) is 18.0 Å². The topological polar surface area (TPSA) is 50.5 Å². The van der Waals surface area contributed by atoms with Crippen molar-refractivity contribution >= 4 is 11.6 Å². The van der Waals surface area contributed by atoms with Gasteiger partial charge in [-0.3, -0.25) is 9.20 Å². The quantitative estimate of drug-likeness (QED) is 0.736. The Balaban J connectivity index is 2.14. The lowest BCUT2D eigenvalue weighted by Crippen LogP contribution is -2.42. The van der Waals surface area contributed by atoms with E-state index in [4.69, 9.17) is 0 Å². The molecule has 3 rings (SSSR count). The normalized spacial score (nSPS) is 11.4. The van der Waals surface area contributed by atoms with Crippen LogP contribution in [0.4, 0.5) is 0 Å². The molecule has 0 radical (unpaired) electrons. The van der Waals surface area contributed by atoms with Gasteiger partial charge >= 0.3 is 0 Å². The van der Waals surface area contributed by atoms with Crippen molar-refractivity contribution in [3.05, 3.63) is 54.2 Å². The van der Waals surface area contributed by atoms with Crippen LogP contribution in [0.25, 0.3) is 17.0 Å². The molecule has 3 aromatic rings. The van der Waals surface area contributed by atoms with Gasteiger partial charge < -0.3 is 4.90 Å². The van der Waals surface area contributed by atoms with Crippen LogP contribution in [-0.4, -0.2) is 37.5 Å². The van der Waals surface area contributed by atoms with Gasteiger partial charge in [0.1, 0.15) is 0 Å². The van der Waals surface area contributed by atoms with E-state index >= 15 is 0 Å². The Morgan fingerprint density at radius 1 is 0.958 bits per heavy atom. The maximum absolute atomic E-state index is 13.1. The van der Waals surface area contributed by atoms with Crippen LogP contribution in [0.2, 0.25) is 0 Å². The third-order valence-corrected chi connectivity index (χ3v) is 4.06. The minimum Gasteiger partial charge on any atom is -0.334 e. The minimum absolute atomic E-state index is 0.0169. The molecule has 0 saturated carbocycles. The predicted molar refractivity (Wildman–Crippen MR) is 94.9 cm³/mol. The Kier molecular flexibility index (Phi) is 4.34. The predicted octanol–water partition coefficient (Wildman–Crippen LogP) is 3.66. The second kappa shape index (κ2) is 6.43. The zero-order valence-electron chi connectivity index (χ0n) is 14.5. The zero-order valence-corrected chi connectivity index (χ0v) is 14.5. The van der Waals surface area contributed by atoms with Crippen molar-refractivity contribution in [1.82, 2.24) is 19.5 Å². The minimum atomic E-state index is 0.0169. The first kappa shape index (κ1) is 16.2. The highest BCUT2D eigenvalue weighted by Gasteiger charge is 2.25. The first-order chi connectivity index (χ1) is 11.5. The first-order valence-corrected chi connectivity index (χ1v) is 8.22. The van der Waals surface area contributed by atoms with Gasteiger partial charge in [0, 0.05) is 23.8 Å². The van der Waals surface area contributed by atoms with E-state index in [1.807, 2.05) is 85.7 Å². The van der Waals surface area contributed by atoms with E-state index in [9.17, 15) is 4.79 Å². The lowest BCUT2D eigenvalue weighted by molar-refractivity contribution is 0.0644. The fraction of sp³-hybridized carbons (Fsp3) is 0.316. The summed E-state index contributed by atoms with van der Waals surface area (Å²) in [5.41, 5.74) is 2.21. The average molecular weight is 322 g/mol. The van der Waals surface area contributed by atoms with Gasteiger partial charge in [-0.2, -0.15) is 0 Å². The fourth-order valence-electron chi connectivity index (χ4n) is 3.09. The van der Waals surface area contributed by atoms with Crippen LogP contribution in [0, 0.1) is 0 Å². The molecule has 2 aromatic heterocycles. The van der Waals surface area contributed by atoms with E-state index in [1.165, 1.54) is 0 Å². The van der Waals surface area contributed by atoms with Crippen molar-refractivity contribution < 1.29 is 4.79 Å². The van der Waals surface area contributed by atoms with E-state index < -0.39 is 0 Å². The largest absolute Gasteiger partial charge is 0.334 e. The zero-order chi connectivity index (χ0) is 17.3. The summed E-state index contributed by atoms with van der Waals surface area (Å²) in [6.45, 7) is 8.14. The molecule has 2 heterocycles. The molecule has 0 unspecified atom stereocenters. The van der Waals surface area contributed by atoms with E-state index in [2.05, 4.69) is 10.2 Å². The Hall–Kier alpha value is -2.69. The number of hydrogen-bond donors (Lipinski definition) is 0. The summed E-state index contributed by atoms with van der Waals surface area (Å²) in [6.07, 6.45) is 1.91. The number of aromatic nitrogens is 3. The molecule has 0 saturated heterocycles. The monoisotopic (exact) mass is 322 g/mol. The number of carbonyl (C=O) groups is 1. The maximum atomic E-state index is 13.1. The molecule has 0 atom stereocenters. The van der Waals surface area contributed by atoms with Gasteiger partial charge in [-0.15, -0.1) is 10.2 Å². The number of nitrogens with zero attached hydrogens (tertiary/aromatic N) is 4. The Bertz CT molecular complexity index is 858. The first-order valence-electron chi connectivity index (χ1n) is 8.22. The van der Waals surface area contributed by atoms with E-state index in [0.29, 0.717) is 11.4 Å². The molecule has 5 nitrogen and oxygen atoms in total. The van der Waals surface area contributed by atoms with Crippen LogP contribution in [0.15, 0.2) is 48.7 Å². The molecule has 1 aromatic carbocycles. The summed E-state index contributed by atoms with van der Waals surface area (Å²) >= 11 is 0. The van der Waals surface area contributed by atoms with Crippen molar-refractivity contribution in [3.63, 3.8) is 0 Å². The molecule has 0 aliphatic heterocycles. The molecule has 0 bridgehead atoms. The second-order valence-electron chi connectivity index (χ2n) is 6.40. The summed E-state index contributed by atoms with van der Waals surface area (Å²) in [6, 6.07) is 13.6. The van der Waals surface area contributed by atoms with Crippen LogP contribution in [0.1, 0.15) is 38.1 Å². The van der Waals surface area contributed by atoms with Gasteiger partial charge in [0.05, 0.1) is 5.56 Å². The maximum Gasteiger partial charge on any atom is 0.255 e. The summed E-state index contributed by atoms with van der Waals surface area (Å²) < 4.78 is 1.90. The molecule has 0 aliphatic rings. The summed E-state index contributed by atoms with van der Waals surface area (Å²) in [5.74, 6) is 0.699. The SMILES string of the molecule is CC(C)N(C(=O)c1ccccc1-c1nnc2ccccn12)C(C)C. The molecular weight excluding hydrogens is 300 g/mol. The highest BCUT2D eigenvalue weighted by Crippen LogP contribution is 2.25. The molecule has 0 aliphatic carbocycles. The fourth-order valence-corrected chi connectivity index (χ4v) is 3.09. The highest BCUT2D eigenvalue weighted by molar-refractivity contribution is 6.00. The van der Waals surface area contributed by atoms with E-state index in [1.54, 1.807) is 0 Å². The standard InChI is InChI=1S/C19H22N4O/c1-13(2)23(14(3)4)19(24)16-10-6-5-9-15(16)18-21-20-17-11-7-8-12-22(17)18/h5-14H,1-4H3. The second-order valence-corrected chi connectivity index (χ2v) is 6.40. The lowest BCUT2D eigenvalue weighted by Gasteiger charge is -2.31. The molecule has 0 fully saturated rings. The Morgan fingerprint density at radius 2 is 1.62 bits per heavy atom. The van der Waals surface area contributed by atoms with Crippen molar-refractivity contribution in [1.29, 1.82) is 0 Å². The number of carbonyl (C=O) groups excluding carboxylic acids is 1. The smallest absolute Gasteiger partial charge is 0.255 e. The highest BCUT2D eigenvalue weighted by atomic mass is 16.2. The van der Waals surface area contributed by atoms with Crippen LogP contribution < -0.4 is 0 Å². The Labute approximate surface area is 141 Å². The van der Waals surface area contributed by atoms with Crippen molar-refractivity contribution in [2.75, 3.05) is 0 Å². The summed E-state index contributed by atoms with van der Waals surface area (Å²) in [7, 11) is 0. The molecule has 124 valence electrons. The van der Waals surface area contributed by atoms with Gasteiger partial charge in [-0.1, -0.05) is 24.3 Å². The van der Waals surface area contributed by atoms with Gasteiger partial charge in [-0.25, -0.2) is 0 Å². The van der Waals surface area contributed by atoms with Gasteiger partial charge in [0.2, 0.25) is 0 Å². The van der Waals surface area contributed by atoms with Crippen LogP contribution in [0.3, 0.4) is 0 Å². The van der Waals surface area contributed by atoms with Gasteiger partial charge in [0.25, 0.3) is 5.91 Å². The van der Waals surface area contributed by atoms with Crippen LogP contribution >= 0.6 is 0 Å². The van der Waals surface area contributed by atoms with Gasteiger partial charge in [-0.05, 0) is 45.9 Å². The number of fused-ring (bicyclic) bond motifs is 1. The van der Waals surface area contributed by atoms with Crippen molar-refractivity contribution in [3.8, 4) is 11.4 Å². The van der Waals surface area contributed by atoms with Crippen LogP contribution in [0.5, 0.6) is 0 Å². The Morgan fingerprint density at radius 3 is 2.33 bits per heavy atom. The summed E-state index contributed by atoms with van der Waals surface area (Å²) in [4.78, 5) is 15.0. The van der Waals surface area contributed by atoms with Crippen molar-refractivity contribution in [2.45, 2.75) is 39.8 Å². The van der Waals surface area contributed by atoms with Crippen LogP contribution in [-0.2, 0) is 0 Å².